The van der Waals surface area contributed by atoms with Crippen molar-refractivity contribution in [2.75, 3.05) is 19.6 Å². The minimum atomic E-state index is 0.707. The quantitative estimate of drug-likeness (QED) is 0.854. The molecule has 1 N–H and O–H groups in total. The van der Waals surface area contributed by atoms with E-state index in [0.29, 0.717) is 6.04 Å². The maximum atomic E-state index is 3.65. The van der Waals surface area contributed by atoms with E-state index in [0.717, 1.165) is 25.6 Å². The van der Waals surface area contributed by atoms with Crippen molar-refractivity contribution in [2.45, 2.75) is 59.5 Å². The molecule has 0 saturated carbocycles. The Bertz CT molecular complexity index is 419. The highest BCUT2D eigenvalue weighted by molar-refractivity contribution is 5.28. The highest BCUT2D eigenvalue weighted by Crippen LogP contribution is 2.20. The Hall–Kier alpha value is -0.860. The van der Waals surface area contributed by atoms with Gasteiger partial charge in [0.05, 0.1) is 0 Å². The van der Waals surface area contributed by atoms with Crippen LogP contribution in [0.4, 0.5) is 0 Å². The van der Waals surface area contributed by atoms with Crippen LogP contribution in [0.15, 0.2) is 18.2 Å². The second-order valence-electron chi connectivity index (χ2n) is 7.17. The van der Waals surface area contributed by atoms with Crippen LogP contribution in [0.25, 0.3) is 0 Å². The third-order valence-corrected chi connectivity index (χ3v) is 4.35. The van der Waals surface area contributed by atoms with E-state index in [9.17, 15) is 0 Å². The van der Waals surface area contributed by atoms with Gasteiger partial charge in [-0.15, -0.1) is 0 Å². The lowest BCUT2D eigenvalue weighted by Gasteiger charge is -2.36. The summed E-state index contributed by atoms with van der Waals surface area (Å²) in [4.78, 5) is 2.69. The number of nitrogens with zero attached hydrogens (tertiary/aromatic N) is 1. The van der Waals surface area contributed by atoms with Crippen LogP contribution in [0.2, 0.25) is 0 Å². The fourth-order valence-corrected chi connectivity index (χ4v) is 3.43. The molecule has 1 unspecified atom stereocenters. The Morgan fingerprint density at radius 3 is 2.52 bits per heavy atom. The van der Waals surface area contributed by atoms with E-state index in [1.807, 2.05) is 0 Å². The first kappa shape index (κ1) is 16.5. The molecular weight excluding hydrogens is 256 g/mol. The first-order valence-corrected chi connectivity index (χ1v) is 8.56. The highest BCUT2D eigenvalue weighted by Gasteiger charge is 2.22. The van der Waals surface area contributed by atoms with Crippen LogP contribution in [0.1, 0.15) is 49.8 Å². The van der Waals surface area contributed by atoms with Gasteiger partial charge in [0.1, 0.15) is 0 Å². The van der Waals surface area contributed by atoms with E-state index in [1.54, 1.807) is 0 Å². The van der Waals surface area contributed by atoms with E-state index < -0.39 is 0 Å². The van der Waals surface area contributed by atoms with Crippen molar-refractivity contribution in [1.29, 1.82) is 0 Å². The summed E-state index contributed by atoms with van der Waals surface area (Å²) in [6, 6.07) is 7.67. The fourth-order valence-electron chi connectivity index (χ4n) is 3.43. The summed E-state index contributed by atoms with van der Waals surface area (Å²) in [5.74, 6) is 0.737. The maximum Gasteiger partial charge on any atom is 0.0237 e. The summed E-state index contributed by atoms with van der Waals surface area (Å²) in [6.45, 7) is 13.6. The standard InChI is InChI=1S/C19H32N2/c1-15(2)12-20-13-19-7-5-6-8-21(19)14-18-10-16(3)9-17(4)11-18/h9-11,15,19-20H,5-8,12-14H2,1-4H3. The molecule has 0 aromatic heterocycles. The number of aryl methyl sites for hydroxylation is 2. The van der Waals surface area contributed by atoms with Crippen LogP contribution < -0.4 is 5.32 Å². The van der Waals surface area contributed by atoms with Gasteiger partial charge in [0.2, 0.25) is 0 Å². The van der Waals surface area contributed by atoms with Crippen molar-refractivity contribution in [3.63, 3.8) is 0 Å². The van der Waals surface area contributed by atoms with Crippen LogP contribution >= 0.6 is 0 Å². The van der Waals surface area contributed by atoms with Gasteiger partial charge in [-0.2, -0.15) is 0 Å². The smallest absolute Gasteiger partial charge is 0.0237 e. The second kappa shape index (κ2) is 7.95. The number of piperidine rings is 1. The molecule has 0 radical (unpaired) electrons. The molecule has 1 saturated heterocycles. The Morgan fingerprint density at radius 2 is 1.86 bits per heavy atom. The van der Waals surface area contributed by atoms with E-state index in [2.05, 4.69) is 56.1 Å². The minimum Gasteiger partial charge on any atom is -0.315 e. The van der Waals surface area contributed by atoms with Gasteiger partial charge in [0, 0.05) is 19.1 Å². The van der Waals surface area contributed by atoms with Gasteiger partial charge in [-0.25, -0.2) is 0 Å². The summed E-state index contributed by atoms with van der Waals surface area (Å²) in [7, 11) is 0. The Balaban J connectivity index is 1.94. The van der Waals surface area contributed by atoms with Gasteiger partial charge in [0.15, 0.2) is 0 Å². The molecule has 1 aromatic carbocycles. The molecule has 2 nitrogen and oxygen atoms in total. The number of hydrogen-bond acceptors (Lipinski definition) is 2. The number of benzene rings is 1. The largest absolute Gasteiger partial charge is 0.315 e. The minimum absolute atomic E-state index is 0.707. The van der Waals surface area contributed by atoms with Gasteiger partial charge in [-0.3, -0.25) is 4.90 Å². The van der Waals surface area contributed by atoms with Crippen molar-refractivity contribution >= 4 is 0 Å². The number of nitrogens with one attached hydrogen (secondary N) is 1. The number of likely N-dealkylation sites (tertiary alicyclic amines) is 1. The van der Waals surface area contributed by atoms with Crippen molar-refractivity contribution in [2.24, 2.45) is 5.92 Å². The molecule has 118 valence electrons. The van der Waals surface area contributed by atoms with E-state index >= 15 is 0 Å². The number of hydrogen-bond donors (Lipinski definition) is 1. The molecule has 1 atom stereocenters. The second-order valence-corrected chi connectivity index (χ2v) is 7.17. The van der Waals surface area contributed by atoms with Crippen molar-refractivity contribution < 1.29 is 0 Å². The predicted molar refractivity (Wildman–Crippen MR) is 91.7 cm³/mol. The van der Waals surface area contributed by atoms with Crippen molar-refractivity contribution in [1.82, 2.24) is 10.2 Å². The highest BCUT2D eigenvalue weighted by atomic mass is 15.2. The summed E-state index contributed by atoms with van der Waals surface area (Å²) < 4.78 is 0. The molecule has 1 aromatic rings. The van der Waals surface area contributed by atoms with Gasteiger partial charge >= 0.3 is 0 Å². The maximum absolute atomic E-state index is 3.65. The molecule has 21 heavy (non-hydrogen) atoms. The molecule has 0 amide bonds. The van der Waals surface area contributed by atoms with E-state index in [4.69, 9.17) is 0 Å². The summed E-state index contributed by atoms with van der Waals surface area (Å²) >= 11 is 0. The van der Waals surface area contributed by atoms with Crippen LogP contribution in [0.3, 0.4) is 0 Å². The average Bonchev–Trinajstić information content (AvgIpc) is 2.39. The Kier molecular flexibility index (Phi) is 6.25. The Morgan fingerprint density at radius 1 is 1.14 bits per heavy atom. The van der Waals surface area contributed by atoms with Crippen molar-refractivity contribution in [3.05, 3.63) is 34.9 Å². The third-order valence-electron chi connectivity index (χ3n) is 4.35. The summed E-state index contributed by atoms with van der Waals surface area (Å²) in [6.07, 6.45) is 4.08. The third kappa shape index (κ3) is 5.44. The zero-order valence-corrected chi connectivity index (χ0v) is 14.3. The van der Waals surface area contributed by atoms with Crippen LogP contribution in [0, 0.1) is 19.8 Å². The van der Waals surface area contributed by atoms with Gasteiger partial charge in [-0.05, 0) is 51.3 Å². The van der Waals surface area contributed by atoms with Crippen LogP contribution in [-0.2, 0) is 6.54 Å². The molecule has 1 aliphatic rings. The molecule has 1 aliphatic heterocycles. The molecule has 1 fully saturated rings. The van der Waals surface area contributed by atoms with Crippen molar-refractivity contribution in [3.8, 4) is 0 Å². The molecule has 0 bridgehead atoms. The topological polar surface area (TPSA) is 15.3 Å². The molecule has 1 heterocycles. The number of rotatable bonds is 6. The summed E-state index contributed by atoms with van der Waals surface area (Å²) in [5.41, 5.74) is 4.25. The summed E-state index contributed by atoms with van der Waals surface area (Å²) in [5, 5.41) is 3.65. The SMILES string of the molecule is Cc1cc(C)cc(CN2CCCCC2CNCC(C)C)c1. The first-order valence-electron chi connectivity index (χ1n) is 8.56. The average molecular weight is 288 g/mol. The lowest BCUT2D eigenvalue weighted by Crippen LogP contribution is -2.45. The monoisotopic (exact) mass is 288 g/mol. The molecule has 2 rings (SSSR count). The predicted octanol–water partition coefficient (Wildman–Crippen LogP) is 3.90. The molecule has 2 heteroatoms. The fraction of sp³-hybridized carbons (Fsp3) is 0.684. The van der Waals surface area contributed by atoms with Gasteiger partial charge < -0.3 is 5.32 Å². The van der Waals surface area contributed by atoms with Gasteiger partial charge in [0.25, 0.3) is 0 Å². The molecular formula is C19H32N2. The van der Waals surface area contributed by atoms with Crippen LogP contribution in [0.5, 0.6) is 0 Å². The Labute approximate surface area is 130 Å². The zero-order valence-electron chi connectivity index (χ0n) is 14.3. The van der Waals surface area contributed by atoms with Crippen LogP contribution in [-0.4, -0.2) is 30.6 Å². The van der Waals surface area contributed by atoms with E-state index in [-0.39, 0.29) is 0 Å². The lowest BCUT2D eigenvalue weighted by molar-refractivity contribution is 0.137. The normalized spacial score (nSPS) is 20.1. The molecule has 0 aliphatic carbocycles. The van der Waals surface area contributed by atoms with Gasteiger partial charge in [-0.1, -0.05) is 49.6 Å². The molecule has 0 spiro atoms. The zero-order chi connectivity index (χ0) is 15.2. The first-order chi connectivity index (χ1) is 10.0. The lowest BCUT2D eigenvalue weighted by atomic mass is 10.00. The van der Waals surface area contributed by atoms with E-state index in [1.165, 1.54) is 42.5 Å².